The number of hydrogen-bond acceptors (Lipinski definition) is 3. The molecule has 0 atom stereocenters. The number of methoxy groups -OCH3 is 1. The van der Waals surface area contributed by atoms with Crippen molar-refractivity contribution in [2.75, 3.05) is 7.11 Å². The highest BCUT2D eigenvalue weighted by atomic mass is 16.5. The van der Waals surface area contributed by atoms with Crippen LogP contribution >= 0.6 is 0 Å². The van der Waals surface area contributed by atoms with Crippen molar-refractivity contribution in [3.63, 3.8) is 0 Å². The van der Waals surface area contributed by atoms with Crippen LogP contribution in [-0.4, -0.2) is 22.9 Å². The van der Waals surface area contributed by atoms with Crippen molar-refractivity contribution in [3.8, 4) is 11.5 Å². The first kappa shape index (κ1) is 13.2. The number of phenolic OH excluding ortho intramolecular Hbond substituents is 1. The normalized spacial score (nSPS) is 17.6. The third-order valence-electron chi connectivity index (χ3n) is 3.55. The molecule has 0 spiro atoms. The fourth-order valence-electron chi connectivity index (χ4n) is 2.17. The Labute approximate surface area is 108 Å². The summed E-state index contributed by atoms with van der Waals surface area (Å²) < 4.78 is 5.29. The molecule has 0 bridgehead atoms. The van der Waals surface area contributed by atoms with E-state index in [1.165, 1.54) is 0 Å². The first-order valence-electron chi connectivity index (χ1n) is 6.38. The van der Waals surface area contributed by atoms with Crippen LogP contribution in [0, 0.1) is 0 Å². The molecule has 2 rings (SSSR count). The van der Waals surface area contributed by atoms with Crippen LogP contribution in [0.5, 0.6) is 11.5 Å². The molecule has 100 valence electrons. The Hall–Kier alpha value is -1.22. The van der Waals surface area contributed by atoms with E-state index >= 15 is 0 Å². The maximum atomic E-state index is 10.4. The van der Waals surface area contributed by atoms with Crippen molar-refractivity contribution in [2.45, 2.75) is 51.0 Å². The molecule has 0 saturated heterocycles. The van der Waals surface area contributed by atoms with E-state index < -0.39 is 5.60 Å². The average molecular weight is 250 g/mol. The Morgan fingerprint density at radius 3 is 2.33 bits per heavy atom. The zero-order valence-corrected chi connectivity index (χ0v) is 11.6. The van der Waals surface area contributed by atoms with Crippen molar-refractivity contribution in [2.24, 2.45) is 0 Å². The molecule has 1 fully saturated rings. The van der Waals surface area contributed by atoms with Gasteiger partial charge in [-0.3, -0.25) is 0 Å². The summed E-state index contributed by atoms with van der Waals surface area (Å²) in [6.45, 7) is 6.16. The molecule has 1 aliphatic rings. The monoisotopic (exact) mass is 250 g/mol. The average Bonchev–Trinajstić information content (AvgIpc) is 2.97. The molecule has 0 aromatic heterocycles. The minimum absolute atomic E-state index is 0.153. The summed E-state index contributed by atoms with van der Waals surface area (Å²) in [5.74, 6) is 1.03. The predicted octanol–water partition coefficient (Wildman–Crippen LogP) is 2.77. The summed E-state index contributed by atoms with van der Waals surface area (Å²) in [6.07, 6.45) is 2.13. The highest BCUT2D eigenvalue weighted by Crippen LogP contribution is 2.43. The van der Waals surface area contributed by atoms with Crippen LogP contribution in [0.25, 0.3) is 0 Å². The first-order valence-corrected chi connectivity index (χ1v) is 6.38. The Morgan fingerprint density at radius 2 is 1.89 bits per heavy atom. The quantitative estimate of drug-likeness (QED) is 0.867. The van der Waals surface area contributed by atoms with Gasteiger partial charge in [0.15, 0.2) is 0 Å². The highest BCUT2D eigenvalue weighted by Gasteiger charge is 2.41. The van der Waals surface area contributed by atoms with Gasteiger partial charge in [0.05, 0.1) is 12.7 Å². The van der Waals surface area contributed by atoms with Crippen molar-refractivity contribution < 1.29 is 14.9 Å². The molecule has 1 saturated carbocycles. The van der Waals surface area contributed by atoms with Crippen molar-refractivity contribution in [1.82, 2.24) is 0 Å². The van der Waals surface area contributed by atoms with Crippen LogP contribution in [0.1, 0.15) is 44.7 Å². The van der Waals surface area contributed by atoms with Crippen LogP contribution < -0.4 is 4.74 Å². The molecule has 0 heterocycles. The van der Waals surface area contributed by atoms with Gasteiger partial charge in [0.1, 0.15) is 11.5 Å². The largest absolute Gasteiger partial charge is 0.507 e. The van der Waals surface area contributed by atoms with Gasteiger partial charge in [0.2, 0.25) is 0 Å². The molecular weight excluding hydrogens is 228 g/mol. The minimum Gasteiger partial charge on any atom is -0.507 e. The molecule has 1 aromatic carbocycles. The topological polar surface area (TPSA) is 49.7 Å². The molecule has 1 aliphatic carbocycles. The zero-order chi connectivity index (χ0) is 13.6. The minimum atomic E-state index is -0.612. The van der Waals surface area contributed by atoms with Crippen LogP contribution in [0.2, 0.25) is 0 Å². The van der Waals surface area contributed by atoms with Gasteiger partial charge in [-0.1, -0.05) is 20.8 Å². The Balaban J connectivity index is 2.44. The van der Waals surface area contributed by atoms with Gasteiger partial charge < -0.3 is 14.9 Å². The van der Waals surface area contributed by atoms with Gasteiger partial charge in [0, 0.05) is 17.5 Å². The molecule has 0 aliphatic heterocycles. The van der Waals surface area contributed by atoms with Crippen molar-refractivity contribution >= 4 is 0 Å². The SMILES string of the molecule is COc1cc(CC2(O)CC2)c(O)c(C(C)(C)C)c1. The number of benzene rings is 1. The lowest BCUT2D eigenvalue weighted by Gasteiger charge is -2.23. The number of ether oxygens (including phenoxy) is 1. The van der Waals surface area contributed by atoms with Crippen LogP contribution in [0.4, 0.5) is 0 Å². The first-order chi connectivity index (χ1) is 8.25. The van der Waals surface area contributed by atoms with E-state index in [2.05, 4.69) is 20.8 Å². The number of phenols is 1. The van der Waals surface area contributed by atoms with Crippen LogP contribution in [-0.2, 0) is 11.8 Å². The van der Waals surface area contributed by atoms with E-state index in [4.69, 9.17) is 4.74 Å². The summed E-state index contributed by atoms with van der Waals surface area (Å²) in [4.78, 5) is 0. The second-order valence-corrected chi connectivity index (χ2v) is 6.33. The van der Waals surface area contributed by atoms with E-state index in [1.54, 1.807) is 7.11 Å². The molecule has 2 N–H and O–H groups in total. The molecule has 0 amide bonds. The van der Waals surface area contributed by atoms with Crippen molar-refractivity contribution in [1.29, 1.82) is 0 Å². The predicted molar refractivity (Wildman–Crippen MR) is 71.2 cm³/mol. The lowest BCUT2D eigenvalue weighted by atomic mass is 9.84. The summed E-state index contributed by atoms with van der Waals surface area (Å²) in [5.41, 5.74) is 0.874. The van der Waals surface area contributed by atoms with Gasteiger partial charge >= 0.3 is 0 Å². The van der Waals surface area contributed by atoms with Gasteiger partial charge in [-0.15, -0.1) is 0 Å². The smallest absolute Gasteiger partial charge is 0.122 e. The van der Waals surface area contributed by atoms with Gasteiger partial charge in [-0.2, -0.15) is 0 Å². The van der Waals surface area contributed by atoms with Gasteiger partial charge in [-0.05, 0) is 30.4 Å². The zero-order valence-electron chi connectivity index (χ0n) is 11.6. The molecule has 3 nitrogen and oxygen atoms in total. The molecule has 3 heteroatoms. The Morgan fingerprint density at radius 1 is 1.28 bits per heavy atom. The molecule has 0 radical (unpaired) electrons. The lowest BCUT2D eigenvalue weighted by molar-refractivity contribution is 0.149. The fourth-order valence-corrected chi connectivity index (χ4v) is 2.17. The maximum Gasteiger partial charge on any atom is 0.122 e. The maximum absolute atomic E-state index is 10.4. The van der Waals surface area contributed by atoms with E-state index in [1.807, 2.05) is 12.1 Å². The summed E-state index contributed by atoms with van der Waals surface area (Å²) in [7, 11) is 1.62. The Kier molecular flexibility index (Phi) is 3.06. The molecule has 0 unspecified atom stereocenters. The third-order valence-corrected chi connectivity index (χ3v) is 3.55. The highest BCUT2D eigenvalue weighted by molar-refractivity contribution is 5.50. The van der Waals surface area contributed by atoms with E-state index in [9.17, 15) is 10.2 Å². The van der Waals surface area contributed by atoms with Crippen molar-refractivity contribution in [3.05, 3.63) is 23.3 Å². The Bertz CT molecular complexity index is 454. The van der Waals surface area contributed by atoms with E-state index in [0.29, 0.717) is 12.2 Å². The number of hydrogen-bond donors (Lipinski definition) is 2. The number of rotatable bonds is 3. The third kappa shape index (κ3) is 2.61. The van der Waals surface area contributed by atoms with Crippen LogP contribution in [0.15, 0.2) is 12.1 Å². The second-order valence-electron chi connectivity index (χ2n) is 6.33. The number of aliphatic hydroxyl groups is 1. The summed E-state index contributed by atoms with van der Waals surface area (Å²) in [5, 5.41) is 20.4. The standard InChI is InChI=1S/C15H22O3/c1-14(2,3)12-8-11(18-4)7-10(13(12)16)9-15(17)5-6-15/h7-8,16-17H,5-6,9H2,1-4H3. The second kappa shape index (κ2) is 4.16. The lowest BCUT2D eigenvalue weighted by Crippen LogP contribution is -2.15. The van der Waals surface area contributed by atoms with Crippen LogP contribution in [0.3, 0.4) is 0 Å². The van der Waals surface area contributed by atoms with Gasteiger partial charge in [-0.25, -0.2) is 0 Å². The molecular formula is C15H22O3. The summed E-state index contributed by atoms with van der Waals surface area (Å²) >= 11 is 0. The molecule has 18 heavy (non-hydrogen) atoms. The molecule has 1 aromatic rings. The summed E-state index contributed by atoms with van der Waals surface area (Å²) in [6, 6.07) is 3.69. The van der Waals surface area contributed by atoms with E-state index in [0.717, 1.165) is 29.7 Å². The number of aromatic hydroxyl groups is 1. The van der Waals surface area contributed by atoms with Gasteiger partial charge in [0.25, 0.3) is 0 Å². The van der Waals surface area contributed by atoms with E-state index in [-0.39, 0.29) is 5.41 Å². The fraction of sp³-hybridized carbons (Fsp3) is 0.600.